The fraction of sp³-hybridized carbons (Fsp3) is 0.438. The Morgan fingerprint density at radius 1 is 1.41 bits per heavy atom. The first-order chi connectivity index (χ1) is 10.6. The molecule has 6 heteroatoms. The molecule has 0 saturated heterocycles. The average Bonchev–Trinajstić information content (AvgIpc) is 2.76. The molecule has 1 saturated carbocycles. The van der Waals surface area contributed by atoms with E-state index in [0.29, 0.717) is 23.6 Å². The van der Waals surface area contributed by atoms with Crippen molar-refractivity contribution in [2.75, 3.05) is 0 Å². The first kappa shape index (κ1) is 14.7. The van der Waals surface area contributed by atoms with Crippen LogP contribution in [0.3, 0.4) is 0 Å². The number of aryl methyl sites for hydroxylation is 1. The van der Waals surface area contributed by atoms with Crippen molar-refractivity contribution in [3.05, 3.63) is 46.8 Å². The lowest BCUT2D eigenvalue weighted by atomic mass is 9.85. The summed E-state index contributed by atoms with van der Waals surface area (Å²) >= 11 is 0. The molecule has 1 heterocycles. The van der Waals surface area contributed by atoms with Crippen LogP contribution in [0.5, 0.6) is 0 Å². The smallest absolute Gasteiger partial charge is 0.251 e. The third-order valence-corrected chi connectivity index (χ3v) is 4.31. The van der Waals surface area contributed by atoms with Gasteiger partial charge >= 0.3 is 0 Å². The lowest BCUT2D eigenvalue weighted by Crippen LogP contribution is -2.25. The molecule has 0 spiro atoms. The molecule has 0 radical (unpaired) electrons. The molecule has 1 aliphatic rings. The van der Waals surface area contributed by atoms with Crippen molar-refractivity contribution in [1.82, 2.24) is 20.1 Å². The zero-order valence-electron chi connectivity index (χ0n) is 12.8. The van der Waals surface area contributed by atoms with E-state index in [1.54, 1.807) is 6.92 Å². The van der Waals surface area contributed by atoms with Crippen molar-refractivity contribution in [3.8, 4) is 0 Å². The second-order valence-corrected chi connectivity index (χ2v) is 5.80. The fourth-order valence-corrected chi connectivity index (χ4v) is 2.69. The number of rotatable bonds is 4. The highest BCUT2D eigenvalue weighted by Crippen LogP contribution is 2.35. The Morgan fingerprint density at radius 2 is 2.18 bits per heavy atom. The van der Waals surface area contributed by atoms with E-state index in [1.807, 2.05) is 11.6 Å². The number of nitrogens with zero attached hydrogens (tertiary/aromatic N) is 3. The minimum absolute atomic E-state index is 0.231. The van der Waals surface area contributed by atoms with Crippen LogP contribution in [-0.2, 0) is 13.6 Å². The van der Waals surface area contributed by atoms with Gasteiger partial charge in [0.15, 0.2) is 5.82 Å². The van der Waals surface area contributed by atoms with Crippen LogP contribution in [0.1, 0.15) is 52.8 Å². The van der Waals surface area contributed by atoms with E-state index >= 15 is 0 Å². The van der Waals surface area contributed by atoms with Crippen molar-refractivity contribution in [2.45, 2.75) is 38.6 Å². The summed E-state index contributed by atoms with van der Waals surface area (Å²) in [6, 6.07) is 4.14. The predicted octanol–water partition coefficient (Wildman–Crippen LogP) is 2.46. The van der Waals surface area contributed by atoms with Crippen LogP contribution >= 0.6 is 0 Å². The first-order valence-corrected chi connectivity index (χ1v) is 7.49. The van der Waals surface area contributed by atoms with E-state index in [0.717, 1.165) is 24.5 Å². The summed E-state index contributed by atoms with van der Waals surface area (Å²) in [6.07, 6.45) is 3.56. The van der Waals surface area contributed by atoms with Gasteiger partial charge in [-0.25, -0.2) is 4.39 Å². The number of nitrogens with one attached hydrogen (secondary N) is 1. The molecule has 1 amide bonds. The van der Waals surface area contributed by atoms with Gasteiger partial charge in [0.1, 0.15) is 11.6 Å². The van der Waals surface area contributed by atoms with E-state index in [1.165, 1.54) is 24.6 Å². The molecule has 0 aliphatic heterocycles. The summed E-state index contributed by atoms with van der Waals surface area (Å²) in [5, 5.41) is 11.2. The summed E-state index contributed by atoms with van der Waals surface area (Å²) in [7, 11) is 1.93. The lowest BCUT2D eigenvalue weighted by Gasteiger charge is -2.24. The van der Waals surface area contributed by atoms with Crippen LogP contribution in [0.4, 0.5) is 4.39 Å². The van der Waals surface area contributed by atoms with Gasteiger partial charge in [0, 0.05) is 18.5 Å². The molecule has 22 heavy (non-hydrogen) atoms. The number of hydrogen-bond donors (Lipinski definition) is 1. The minimum atomic E-state index is -0.340. The van der Waals surface area contributed by atoms with Crippen LogP contribution < -0.4 is 5.32 Å². The minimum Gasteiger partial charge on any atom is -0.345 e. The standard InChI is InChI=1S/C16H19FN4O/c1-10-8-12(17)6-7-13(10)16(22)18-9-14-19-20-15(21(14)2)11-4-3-5-11/h6-8,11H,3-5,9H2,1-2H3,(H,18,22). The molecule has 3 rings (SSSR count). The van der Waals surface area contributed by atoms with E-state index in [-0.39, 0.29) is 11.7 Å². The quantitative estimate of drug-likeness (QED) is 0.944. The summed E-state index contributed by atoms with van der Waals surface area (Å²) in [4.78, 5) is 12.2. The monoisotopic (exact) mass is 302 g/mol. The molecule has 116 valence electrons. The third kappa shape index (κ3) is 2.73. The van der Waals surface area contributed by atoms with Gasteiger partial charge in [0.05, 0.1) is 6.54 Å². The maximum absolute atomic E-state index is 13.1. The van der Waals surface area contributed by atoms with Crippen molar-refractivity contribution >= 4 is 5.91 Å². The van der Waals surface area contributed by atoms with Crippen LogP contribution in [-0.4, -0.2) is 20.7 Å². The van der Waals surface area contributed by atoms with Crippen molar-refractivity contribution in [2.24, 2.45) is 7.05 Å². The topological polar surface area (TPSA) is 59.8 Å². The number of carbonyl (C=O) groups is 1. The average molecular weight is 302 g/mol. The largest absolute Gasteiger partial charge is 0.345 e. The Balaban J connectivity index is 1.67. The summed E-state index contributed by atoms with van der Waals surface area (Å²) in [5.74, 6) is 1.66. The second kappa shape index (κ2) is 5.87. The Morgan fingerprint density at radius 3 is 2.82 bits per heavy atom. The van der Waals surface area contributed by atoms with E-state index in [2.05, 4.69) is 15.5 Å². The van der Waals surface area contributed by atoms with Crippen molar-refractivity contribution in [3.63, 3.8) is 0 Å². The van der Waals surface area contributed by atoms with Crippen LogP contribution in [0.2, 0.25) is 0 Å². The fourth-order valence-electron chi connectivity index (χ4n) is 2.69. The Hall–Kier alpha value is -2.24. The predicted molar refractivity (Wildman–Crippen MR) is 79.9 cm³/mol. The number of amides is 1. The summed E-state index contributed by atoms with van der Waals surface area (Å²) in [5.41, 5.74) is 1.09. The van der Waals surface area contributed by atoms with Gasteiger partial charge in [-0.15, -0.1) is 10.2 Å². The third-order valence-electron chi connectivity index (χ3n) is 4.31. The number of benzene rings is 1. The zero-order valence-corrected chi connectivity index (χ0v) is 12.8. The lowest BCUT2D eigenvalue weighted by molar-refractivity contribution is 0.0949. The molecular formula is C16H19FN4O. The molecule has 5 nitrogen and oxygen atoms in total. The van der Waals surface area contributed by atoms with Crippen LogP contribution in [0, 0.1) is 12.7 Å². The van der Waals surface area contributed by atoms with E-state index in [9.17, 15) is 9.18 Å². The van der Waals surface area contributed by atoms with Crippen molar-refractivity contribution in [1.29, 1.82) is 0 Å². The number of halogens is 1. The van der Waals surface area contributed by atoms with Crippen molar-refractivity contribution < 1.29 is 9.18 Å². The SMILES string of the molecule is Cc1cc(F)ccc1C(=O)NCc1nnc(C2CCC2)n1C. The maximum atomic E-state index is 13.1. The highest BCUT2D eigenvalue weighted by atomic mass is 19.1. The molecular weight excluding hydrogens is 283 g/mol. The summed E-state index contributed by atoms with van der Waals surface area (Å²) < 4.78 is 15.0. The zero-order chi connectivity index (χ0) is 15.7. The van der Waals surface area contributed by atoms with E-state index in [4.69, 9.17) is 0 Å². The molecule has 1 fully saturated rings. The first-order valence-electron chi connectivity index (χ1n) is 7.49. The Labute approximate surface area is 128 Å². The van der Waals surface area contributed by atoms with Gasteiger partial charge in [-0.1, -0.05) is 6.42 Å². The molecule has 0 atom stereocenters. The van der Waals surface area contributed by atoms with Crippen LogP contribution in [0.15, 0.2) is 18.2 Å². The highest BCUT2D eigenvalue weighted by molar-refractivity contribution is 5.95. The Bertz CT molecular complexity index is 706. The van der Waals surface area contributed by atoms with Gasteiger partial charge in [-0.2, -0.15) is 0 Å². The molecule has 1 aliphatic carbocycles. The summed E-state index contributed by atoms with van der Waals surface area (Å²) in [6.45, 7) is 2.03. The van der Waals surface area contributed by atoms with E-state index < -0.39 is 0 Å². The molecule has 2 aromatic rings. The molecule has 1 aromatic heterocycles. The molecule has 1 N–H and O–H groups in total. The van der Waals surface area contributed by atoms with Gasteiger partial charge in [-0.3, -0.25) is 4.79 Å². The number of hydrogen-bond acceptors (Lipinski definition) is 3. The van der Waals surface area contributed by atoms with Gasteiger partial charge in [0.25, 0.3) is 5.91 Å². The molecule has 1 aromatic carbocycles. The number of aromatic nitrogens is 3. The second-order valence-electron chi connectivity index (χ2n) is 5.80. The van der Waals surface area contributed by atoms with Gasteiger partial charge < -0.3 is 9.88 Å². The number of carbonyl (C=O) groups excluding carboxylic acids is 1. The van der Waals surface area contributed by atoms with Gasteiger partial charge in [0.2, 0.25) is 0 Å². The Kier molecular flexibility index (Phi) is 3.92. The normalized spacial score (nSPS) is 14.7. The van der Waals surface area contributed by atoms with Gasteiger partial charge in [-0.05, 0) is 43.5 Å². The highest BCUT2D eigenvalue weighted by Gasteiger charge is 2.25. The maximum Gasteiger partial charge on any atom is 0.251 e. The van der Waals surface area contributed by atoms with Crippen LogP contribution in [0.25, 0.3) is 0 Å². The molecule has 0 unspecified atom stereocenters. The molecule has 0 bridgehead atoms.